The van der Waals surface area contributed by atoms with Gasteiger partial charge >= 0.3 is 0 Å². The fourth-order valence-electron chi connectivity index (χ4n) is 2.55. The first-order valence-electron chi connectivity index (χ1n) is 8.22. The van der Waals surface area contributed by atoms with Gasteiger partial charge in [-0.05, 0) is 31.2 Å². The summed E-state index contributed by atoms with van der Waals surface area (Å²) >= 11 is 1.64. The van der Waals surface area contributed by atoms with Gasteiger partial charge in [-0.1, -0.05) is 29.8 Å². The number of aryl methyl sites for hydroxylation is 1. The molecule has 0 aliphatic carbocycles. The Kier molecular flexibility index (Phi) is 5.58. The Labute approximate surface area is 154 Å². The maximum absolute atomic E-state index is 12.4. The predicted molar refractivity (Wildman–Crippen MR) is 104 cm³/mol. The Morgan fingerprint density at radius 1 is 1.08 bits per heavy atom. The standard InChI is InChI=1S/C19H19N3O3S/c1-13-6-8-14(9-7-13)26-11-10-20-17(23)12-22-19(25)16-5-3-2-4-15(16)18(24)21-22/h2-9H,10-12H2,1H3,(H,20,23)(H,21,24). The minimum Gasteiger partial charge on any atom is -0.354 e. The molecule has 2 N–H and O–H groups in total. The van der Waals surface area contributed by atoms with Gasteiger partial charge in [-0.25, -0.2) is 4.68 Å². The number of aromatic amines is 1. The molecule has 26 heavy (non-hydrogen) atoms. The normalized spacial score (nSPS) is 10.8. The number of carbonyl (C=O) groups is 1. The lowest BCUT2D eigenvalue weighted by Gasteiger charge is -2.08. The van der Waals surface area contributed by atoms with Gasteiger partial charge in [0, 0.05) is 17.2 Å². The van der Waals surface area contributed by atoms with E-state index in [0.717, 1.165) is 15.3 Å². The molecule has 0 saturated heterocycles. The van der Waals surface area contributed by atoms with Crippen LogP contribution in [0.1, 0.15) is 5.56 Å². The molecule has 134 valence electrons. The highest BCUT2D eigenvalue weighted by atomic mass is 32.2. The Morgan fingerprint density at radius 2 is 1.77 bits per heavy atom. The summed E-state index contributed by atoms with van der Waals surface area (Å²) < 4.78 is 1.05. The maximum atomic E-state index is 12.4. The van der Waals surface area contributed by atoms with Crippen LogP contribution >= 0.6 is 11.8 Å². The number of carbonyl (C=O) groups excluding carboxylic acids is 1. The van der Waals surface area contributed by atoms with Crippen molar-refractivity contribution in [3.8, 4) is 0 Å². The van der Waals surface area contributed by atoms with Crippen LogP contribution in [0.2, 0.25) is 0 Å². The maximum Gasteiger partial charge on any atom is 0.273 e. The molecule has 0 aliphatic rings. The Hall–Kier alpha value is -2.80. The minimum absolute atomic E-state index is 0.214. The van der Waals surface area contributed by atoms with E-state index in [4.69, 9.17) is 0 Å². The monoisotopic (exact) mass is 369 g/mol. The average molecular weight is 369 g/mol. The average Bonchev–Trinajstić information content (AvgIpc) is 2.64. The van der Waals surface area contributed by atoms with Crippen LogP contribution < -0.4 is 16.4 Å². The van der Waals surface area contributed by atoms with Gasteiger partial charge in [-0.15, -0.1) is 11.8 Å². The zero-order chi connectivity index (χ0) is 18.5. The van der Waals surface area contributed by atoms with Crippen molar-refractivity contribution in [1.82, 2.24) is 15.1 Å². The fraction of sp³-hybridized carbons (Fsp3) is 0.211. The number of rotatable bonds is 6. The molecular weight excluding hydrogens is 350 g/mol. The first-order valence-corrected chi connectivity index (χ1v) is 9.21. The van der Waals surface area contributed by atoms with Crippen molar-refractivity contribution < 1.29 is 4.79 Å². The summed E-state index contributed by atoms with van der Waals surface area (Å²) in [6.45, 7) is 2.30. The van der Waals surface area contributed by atoms with Crippen molar-refractivity contribution in [1.29, 1.82) is 0 Å². The number of thioether (sulfide) groups is 1. The molecule has 1 amide bonds. The second-order valence-corrected chi connectivity index (χ2v) is 7.06. The van der Waals surface area contributed by atoms with Crippen LogP contribution in [-0.4, -0.2) is 28.0 Å². The first-order chi connectivity index (χ1) is 12.5. The van der Waals surface area contributed by atoms with Crippen molar-refractivity contribution in [2.75, 3.05) is 12.3 Å². The van der Waals surface area contributed by atoms with Gasteiger partial charge in [0.15, 0.2) is 0 Å². The molecule has 1 heterocycles. The topological polar surface area (TPSA) is 84.0 Å². The number of amides is 1. The second-order valence-electron chi connectivity index (χ2n) is 5.89. The third kappa shape index (κ3) is 4.23. The number of fused-ring (bicyclic) bond motifs is 1. The third-order valence-electron chi connectivity index (χ3n) is 3.90. The Bertz CT molecular complexity index is 1040. The lowest BCUT2D eigenvalue weighted by molar-refractivity contribution is -0.121. The molecule has 0 atom stereocenters. The third-order valence-corrected chi connectivity index (χ3v) is 4.91. The summed E-state index contributed by atoms with van der Waals surface area (Å²) in [5, 5.41) is 5.85. The minimum atomic E-state index is -0.386. The number of nitrogens with zero attached hydrogens (tertiary/aromatic N) is 1. The molecule has 0 spiro atoms. The molecular formula is C19H19N3O3S. The molecule has 1 aromatic heterocycles. The lowest BCUT2D eigenvalue weighted by Crippen LogP contribution is -2.37. The zero-order valence-corrected chi connectivity index (χ0v) is 15.1. The fourth-order valence-corrected chi connectivity index (χ4v) is 3.32. The van der Waals surface area contributed by atoms with E-state index < -0.39 is 0 Å². The number of nitrogens with one attached hydrogen (secondary N) is 2. The highest BCUT2D eigenvalue weighted by Gasteiger charge is 2.09. The highest BCUT2D eigenvalue weighted by molar-refractivity contribution is 7.99. The summed E-state index contributed by atoms with van der Waals surface area (Å²) in [5.74, 6) is 0.403. The van der Waals surface area contributed by atoms with Crippen molar-refractivity contribution in [3.63, 3.8) is 0 Å². The number of hydrogen-bond acceptors (Lipinski definition) is 4. The number of hydrogen-bond donors (Lipinski definition) is 2. The summed E-state index contributed by atoms with van der Waals surface area (Å²) in [4.78, 5) is 37.6. The number of H-pyrrole nitrogens is 1. The van der Waals surface area contributed by atoms with Gasteiger partial charge in [0.1, 0.15) is 6.54 Å². The largest absolute Gasteiger partial charge is 0.354 e. The predicted octanol–water partition coefficient (Wildman–Crippen LogP) is 1.91. The van der Waals surface area contributed by atoms with Crippen molar-refractivity contribution in [2.45, 2.75) is 18.4 Å². The molecule has 0 aliphatic heterocycles. The van der Waals surface area contributed by atoms with Gasteiger partial charge in [0.25, 0.3) is 11.1 Å². The van der Waals surface area contributed by atoms with E-state index in [1.54, 1.807) is 36.0 Å². The van der Waals surface area contributed by atoms with Gasteiger partial charge in [-0.3, -0.25) is 19.5 Å². The van der Waals surface area contributed by atoms with Gasteiger partial charge in [-0.2, -0.15) is 0 Å². The van der Waals surface area contributed by atoms with E-state index in [2.05, 4.69) is 10.4 Å². The molecule has 3 aromatic rings. The molecule has 2 aromatic carbocycles. The molecule has 0 radical (unpaired) electrons. The van der Waals surface area contributed by atoms with E-state index in [9.17, 15) is 14.4 Å². The van der Waals surface area contributed by atoms with E-state index in [1.165, 1.54) is 5.56 Å². The van der Waals surface area contributed by atoms with Crippen LogP contribution in [-0.2, 0) is 11.3 Å². The molecule has 0 saturated carbocycles. The van der Waals surface area contributed by atoms with Crippen LogP contribution in [0.4, 0.5) is 0 Å². The van der Waals surface area contributed by atoms with Crippen molar-refractivity contribution in [2.24, 2.45) is 0 Å². The van der Waals surface area contributed by atoms with Gasteiger partial charge < -0.3 is 5.32 Å². The molecule has 7 heteroatoms. The van der Waals surface area contributed by atoms with Gasteiger partial charge in [0.05, 0.1) is 10.8 Å². The summed E-state index contributed by atoms with van der Waals surface area (Å²) in [5.41, 5.74) is 0.435. The van der Waals surface area contributed by atoms with E-state index in [-0.39, 0.29) is 23.6 Å². The number of aromatic nitrogens is 2. The van der Waals surface area contributed by atoms with Crippen LogP contribution in [0.3, 0.4) is 0 Å². The lowest BCUT2D eigenvalue weighted by atomic mass is 10.2. The summed E-state index contributed by atoms with van der Waals surface area (Å²) in [7, 11) is 0. The van der Waals surface area contributed by atoms with Crippen molar-refractivity contribution >= 4 is 28.4 Å². The molecule has 0 fully saturated rings. The molecule has 6 nitrogen and oxygen atoms in total. The summed E-state index contributed by atoms with van der Waals surface area (Å²) in [6, 6.07) is 14.7. The van der Waals surface area contributed by atoms with E-state index >= 15 is 0 Å². The van der Waals surface area contributed by atoms with Crippen LogP contribution in [0.5, 0.6) is 0 Å². The quantitative estimate of drug-likeness (QED) is 0.513. The zero-order valence-electron chi connectivity index (χ0n) is 14.3. The first kappa shape index (κ1) is 18.0. The highest BCUT2D eigenvalue weighted by Crippen LogP contribution is 2.17. The van der Waals surface area contributed by atoms with Crippen molar-refractivity contribution in [3.05, 3.63) is 74.8 Å². The van der Waals surface area contributed by atoms with Gasteiger partial charge in [0.2, 0.25) is 5.91 Å². The number of benzene rings is 2. The molecule has 3 rings (SSSR count). The molecule has 0 unspecified atom stereocenters. The van der Waals surface area contributed by atoms with E-state index in [0.29, 0.717) is 17.3 Å². The van der Waals surface area contributed by atoms with Crippen LogP contribution in [0.15, 0.2) is 63.0 Å². The summed E-state index contributed by atoms with van der Waals surface area (Å²) in [6.07, 6.45) is 0. The Morgan fingerprint density at radius 3 is 2.50 bits per heavy atom. The van der Waals surface area contributed by atoms with Crippen LogP contribution in [0, 0.1) is 6.92 Å². The van der Waals surface area contributed by atoms with E-state index in [1.807, 2.05) is 31.2 Å². The SMILES string of the molecule is Cc1ccc(SCCNC(=O)Cn2[nH]c(=O)c3ccccc3c2=O)cc1. The Balaban J connectivity index is 1.57. The van der Waals surface area contributed by atoms with Crippen LogP contribution in [0.25, 0.3) is 10.8 Å². The second kappa shape index (κ2) is 8.05. The molecule has 0 bridgehead atoms. The smallest absolute Gasteiger partial charge is 0.273 e.